The van der Waals surface area contributed by atoms with Crippen LogP contribution in [0, 0.1) is 0 Å². The molecule has 2 rings (SSSR count). The first-order valence-electron chi connectivity index (χ1n) is 4.33. The van der Waals surface area contributed by atoms with E-state index < -0.39 is 10.0 Å². The van der Waals surface area contributed by atoms with Gasteiger partial charge in [-0.15, -0.1) is 11.3 Å². The van der Waals surface area contributed by atoms with Crippen LogP contribution in [-0.2, 0) is 10.0 Å². The Morgan fingerprint density at radius 3 is 2.82 bits per heavy atom. The molecule has 9 heteroatoms. The molecule has 0 saturated carbocycles. The number of hydrogen-bond acceptors (Lipinski definition) is 6. The van der Waals surface area contributed by atoms with E-state index in [0.29, 0.717) is 5.69 Å². The molecule has 0 spiro atoms. The number of nitrogens with zero attached hydrogens (tertiary/aromatic N) is 2. The van der Waals surface area contributed by atoms with E-state index in [-0.39, 0.29) is 15.3 Å². The average Bonchev–Trinajstić information content (AvgIpc) is 2.65. The fourth-order valence-electron chi connectivity index (χ4n) is 1.05. The van der Waals surface area contributed by atoms with Crippen molar-refractivity contribution in [2.24, 2.45) is 0 Å². The summed E-state index contributed by atoms with van der Waals surface area (Å²) in [5.41, 5.74) is 5.86. The van der Waals surface area contributed by atoms with E-state index in [1.807, 2.05) is 0 Å². The van der Waals surface area contributed by atoms with E-state index >= 15 is 0 Å². The number of nitrogens with one attached hydrogen (secondary N) is 1. The second-order valence-electron chi connectivity index (χ2n) is 3.02. The first-order valence-corrected chi connectivity index (χ1v) is 7.07. The molecule has 6 nitrogen and oxygen atoms in total. The van der Waals surface area contributed by atoms with Gasteiger partial charge in [0, 0.05) is 17.3 Å². The molecule has 2 aromatic rings. The monoisotopic (exact) mass is 290 g/mol. The van der Waals surface area contributed by atoms with Gasteiger partial charge < -0.3 is 5.73 Å². The largest absolute Gasteiger partial charge is 0.398 e. The van der Waals surface area contributed by atoms with E-state index in [1.54, 1.807) is 5.38 Å². The molecule has 0 bridgehead atoms. The van der Waals surface area contributed by atoms with Crippen molar-refractivity contribution < 1.29 is 8.42 Å². The van der Waals surface area contributed by atoms with E-state index in [1.165, 1.54) is 18.3 Å². The number of nitrogen functional groups attached to an aromatic ring is 1. The minimum absolute atomic E-state index is 0.0316. The molecule has 0 fully saturated rings. The number of anilines is 2. The molecule has 0 aromatic carbocycles. The lowest BCUT2D eigenvalue weighted by molar-refractivity contribution is 0.603. The molecule has 2 heterocycles. The van der Waals surface area contributed by atoms with Gasteiger partial charge in [-0.25, -0.2) is 13.4 Å². The maximum absolute atomic E-state index is 11.9. The van der Waals surface area contributed by atoms with Crippen LogP contribution in [0.1, 0.15) is 0 Å². The summed E-state index contributed by atoms with van der Waals surface area (Å²) in [5, 5.41) is 1.51. The third-order valence-corrected chi connectivity index (χ3v) is 4.72. The quantitative estimate of drug-likeness (QED) is 0.836. The van der Waals surface area contributed by atoms with Crippen LogP contribution in [0.3, 0.4) is 0 Å². The van der Waals surface area contributed by atoms with Crippen LogP contribution in [0.15, 0.2) is 27.9 Å². The van der Waals surface area contributed by atoms with Crippen molar-refractivity contribution in [3.8, 4) is 0 Å². The molecular formula is C8H7ClN4O2S2. The molecule has 3 N–H and O–H groups in total. The molecule has 0 aliphatic heterocycles. The first-order chi connectivity index (χ1) is 7.97. The number of nitrogens with two attached hydrogens (primary N) is 1. The lowest BCUT2D eigenvalue weighted by Gasteiger charge is -2.04. The summed E-state index contributed by atoms with van der Waals surface area (Å²) in [4.78, 5) is 7.38. The van der Waals surface area contributed by atoms with Crippen LogP contribution in [0.4, 0.5) is 11.5 Å². The predicted molar refractivity (Wildman–Crippen MR) is 66.6 cm³/mol. The van der Waals surface area contributed by atoms with Crippen LogP contribution in [-0.4, -0.2) is 18.4 Å². The maximum Gasteiger partial charge on any atom is 0.272 e. The summed E-state index contributed by atoms with van der Waals surface area (Å²) in [6.45, 7) is 0. The number of rotatable bonds is 3. The number of sulfonamides is 1. The Hall–Kier alpha value is -1.38. The van der Waals surface area contributed by atoms with Crippen molar-refractivity contribution in [1.29, 1.82) is 0 Å². The summed E-state index contributed by atoms with van der Waals surface area (Å²) in [7, 11) is -3.67. The Kier molecular flexibility index (Phi) is 3.18. The molecule has 2 aromatic heterocycles. The summed E-state index contributed by atoms with van der Waals surface area (Å²) < 4.78 is 26.1. The van der Waals surface area contributed by atoms with Crippen LogP contribution < -0.4 is 10.5 Å². The second-order valence-corrected chi connectivity index (χ2v) is 6.17. The fraction of sp³-hybridized carbons (Fsp3) is 0. The fourth-order valence-corrected chi connectivity index (χ4v) is 3.28. The van der Waals surface area contributed by atoms with Crippen molar-refractivity contribution in [3.63, 3.8) is 0 Å². The molecule has 0 saturated heterocycles. The summed E-state index contributed by atoms with van der Waals surface area (Å²) in [6, 6.07) is 2.77. The molecule has 0 aliphatic rings. The van der Waals surface area contributed by atoms with Crippen LogP contribution in [0.25, 0.3) is 0 Å². The third kappa shape index (κ3) is 2.84. The molecule has 0 amide bonds. The second kappa shape index (κ2) is 4.47. The average molecular weight is 291 g/mol. The van der Waals surface area contributed by atoms with Gasteiger partial charge >= 0.3 is 0 Å². The number of halogens is 1. The molecule has 0 radical (unpaired) electrons. The summed E-state index contributed by atoms with van der Waals surface area (Å²) in [6.07, 6.45) is 1.36. The van der Waals surface area contributed by atoms with Crippen molar-refractivity contribution in [2.45, 2.75) is 4.21 Å². The zero-order valence-electron chi connectivity index (χ0n) is 8.29. The van der Waals surface area contributed by atoms with Crippen molar-refractivity contribution in [3.05, 3.63) is 29.0 Å². The third-order valence-electron chi connectivity index (χ3n) is 1.73. The van der Waals surface area contributed by atoms with Gasteiger partial charge in [0.2, 0.25) is 5.28 Å². The van der Waals surface area contributed by atoms with Crippen molar-refractivity contribution >= 4 is 44.5 Å². The van der Waals surface area contributed by atoms with E-state index in [0.717, 1.165) is 11.3 Å². The van der Waals surface area contributed by atoms with Crippen LogP contribution in [0.5, 0.6) is 0 Å². The molecule has 0 atom stereocenters. The predicted octanol–water partition coefficient (Wildman–Crippen LogP) is 1.57. The van der Waals surface area contributed by atoms with Gasteiger partial charge in [0.15, 0.2) is 0 Å². The van der Waals surface area contributed by atoms with Crippen LogP contribution in [0.2, 0.25) is 5.28 Å². The highest BCUT2D eigenvalue weighted by atomic mass is 35.5. The Morgan fingerprint density at radius 2 is 2.24 bits per heavy atom. The summed E-state index contributed by atoms with van der Waals surface area (Å²) >= 11 is 6.58. The first kappa shape index (κ1) is 12.1. The topological polar surface area (TPSA) is 98.0 Å². The zero-order chi connectivity index (χ0) is 12.5. The molecule has 17 heavy (non-hydrogen) atoms. The lowest BCUT2D eigenvalue weighted by Crippen LogP contribution is -2.12. The highest BCUT2D eigenvalue weighted by Gasteiger charge is 2.17. The molecule has 90 valence electrons. The lowest BCUT2D eigenvalue weighted by atomic mass is 10.6. The number of thiophene rings is 1. The van der Waals surface area contributed by atoms with Gasteiger partial charge in [-0.05, 0) is 23.7 Å². The van der Waals surface area contributed by atoms with E-state index in [2.05, 4.69) is 14.7 Å². The highest BCUT2D eigenvalue weighted by molar-refractivity contribution is 7.94. The van der Waals surface area contributed by atoms with Gasteiger partial charge in [0.1, 0.15) is 10.0 Å². The Balaban J connectivity index is 2.29. The van der Waals surface area contributed by atoms with Crippen molar-refractivity contribution in [2.75, 3.05) is 10.5 Å². The Morgan fingerprint density at radius 1 is 1.47 bits per heavy atom. The zero-order valence-corrected chi connectivity index (χ0v) is 10.7. The molecular weight excluding hydrogens is 284 g/mol. The SMILES string of the molecule is Nc1csc(S(=O)(=O)Nc2ccnc(Cl)n2)c1. The Labute approximate surface area is 107 Å². The van der Waals surface area contributed by atoms with Gasteiger partial charge in [-0.1, -0.05) is 0 Å². The van der Waals surface area contributed by atoms with Gasteiger partial charge in [0.05, 0.1) is 0 Å². The van der Waals surface area contributed by atoms with Gasteiger partial charge in [0.25, 0.3) is 10.0 Å². The number of hydrogen-bond donors (Lipinski definition) is 2. The number of aromatic nitrogens is 2. The van der Waals surface area contributed by atoms with Gasteiger partial charge in [-0.2, -0.15) is 4.98 Å². The molecule has 0 aliphatic carbocycles. The minimum Gasteiger partial charge on any atom is -0.398 e. The van der Waals surface area contributed by atoms with Crippen LogP contribution >= 0.6 is 22.9 Å². The standard InChI is InChI=1S/C8H7ClN4O2S2/c9-8-11-2-1-6(12-8)13-17(14,15)7-3-5(10)4-16-7/h1-4H,10H2,(H,11,12,13). The highest BCUT2D eigenvalue weighted by Crippen LogP contribution is 2.23. The minimum atomic E-state index is -3.67. The van der Waals surface area contributed by atoms with E-state index in [9.17, 15) is 8.42 Å². The van der Waals surface area contributed by atoms with Crippen molar-refractivity contribution in [1.82, 2.24) is 9.97 Å². The normalized spacial score (nSPS) is 11.4. The van der Waals surface area contributed by atoms with E-state index in [4.69, 9.17) is 17.3 Å². The smallest absolute Gasteiger partial charge is 0.272 e. The Bertz CT molecular complexity index is 640. The summed E-state index contributed by atoms with van der Waals surface area (Å²) in [5.74, 6) is 0.108. The maximum atomic E-state index is 11.9. The van der Waals surface area contributed by atoms with Gasteiger partial charge in [-0.3, -0.25) is 4.72 Å². The molecule has 0 unspecified atom stereocenters.